The number of unbranched alkanes of at least 4 members (excludes halogenated alkanes) is 3. The number of ether oxygens (including phenoxy) is 1. The normalized spacial score (nSPS) is 13.4. The van der Waals surface area contributed by atoms with Crippen molar-refractivity contribution in [2.45, 2.75) is 44.2 Å². The molecule has 18 heavy (non-hydrogen) atoms. The topological polar surface area (TPSA) is 38.3 Å². The van der Waals surface area contributed by atoms with E-state index in [1.807, 2.05) is 6.92 Å². The number of methoxy groups -OCH3 is 1. The smallest absolute Gasteiger partial charge is 0.413 e. The van der Waals surface area contributed by atoms with Gasteiger partial charge in [-0.25, -0.2) is 0 Å². The highest BCUT2D eigenvalue weighted by Gasteiger charge is 2.39. The molecule has 0 aromatic rings. The van der Waals surface area contributed by atoms with Crippen LogP contribution in [0.25, 0.3) is 0 Å². The molecular weight excluding hydrogens is 267 g/mol. The van der Waals surface area contributed by atoms with E-state index in [2.05, 4.69) is 10.1 Å². The molecule has 7 heteroatoms. The lowest BCUT2D eigenvalue weighted by Crippen LogP contribution is -2.40. The molecule has 0 aliphatic carbocycles. The first kappa shape index (κ1) is 17.6. The molecule has 0 saturated carbocycles. The lowest BCUT2D eigenvalue weighted by molar-refractivity contribution is -0.137. The zero-order valence-electron chi connectivity index (χ0n) is 10.7. The number of hydrogen-bond donors (Lipinski definition) is 1. The van der Waals surface area contributed by atoms with E-state index in [1.165, 1.54) is 0 Å². The van der Waals surface area contributed by atoms with Gasteiger partial charge in [-0.05, 0) is 13.0 Å². The number of carbonyl (C=O) groups excluding carboxylic acids is 1. The summed E-state index contributed by atoms with van der Waals surface area (Å²) in [6, 6.07) is 0. The van der Waals surface area contributed by atoms with Crippen molar-refractivity contribution in [3.05, 3.63) is 0 Å². The maximum absolute atomic E-state index is 12.6. The summed E-state index contributed by atoms with van der Waals surface area (Å²) in [5.41, 5.74) is 0. The summed E-state index contributed by atoms with van der Waals surface area (Å²) in [6.07, 6.45) is -0.675. The van der Waals surface area contributed by atoms with Crippen LogP contribution < -0.4 is 5.32 Å². The van der Waals surface area contributed by atoms with Gasteiger partial charge in [0, 0.05) is 0 Å². The molecule has 3 nitrogen and oxygen atoms in total. The summed E-state index contributed by atoms with van der Waals surface area (Å²) in [5, 5.41) is 0.718. The van der Waals surface area contributed by atoms with Crippen LogP contribution in [0.2, 0.25) is 0 Å². The molecule has 0 saturated heterocycles. The summed E-state index contributed by atoms with van der Waals surface area (Å²) in [5.74, 6) is -0.954. The fraction of sp³-hybridized carbons (Fsp3) is 0.909. The third-order valence-corrected chi connectivity index (χ3v) is 3.42. The Balaban J connectivity index is 3.97. The SMILES string of the molecule is CCCCCCNC(SCC(=O)OC)C(F)(F)F. The van der Waals surface area contributed by atoms with Crippen molar-refractivity contribution in [2.75, 3.05) is 19.4 Å². The van der Waals surface area contributed by atoms with Gasteiger partial charge < -0.3 is 4.74 Å². The van der Waals surface area contributed by atoms with Gasteiger partial charge in [-0.1, -0.05) is 26.2 Å². The van der Waals surface area contributed by atoms with Crippen molar-refractivity contribution < 1.29 is 22.7 Å². The van der Waals surface area contributed by atoms with Crippen LogP contribution in [0.5, 0.6) is 0 Å². The molecule has 0 spiro atoms. The zero-order valence-corrected chi connectivity index (χ0v) is 11.5. The van der Waals surface area contributed by atoms with Crippen molar-refractivity contribution in [3.63, 3.8) is 0 Å². The maximum atomic E-state index is 12.6. The van der Waals surface area contributed by atoms with Gasteiger partial charge in [0.1, 0.15) is 0 Å². The molecule has 0 amide bonds. The molecule has 0 aliphatic rings. The van der Waals surface area contributed by atoms with Crippen molar-refractivity contribution in [3.8, 4) is 0 Å². The number of thioether (sulfide) groups is 1. The van der Waals surface area contributed by atoms with Crippen molar-refractivity contribution >= 4 is 17.7 Å². The molecule has 0 aliphatic heterocycles. The van der Waals surface area contributed by atoms with Gasteiger partial charge in [-0.2, -0.15) is 13.2 Å². The molecule has 0 aromatic heterocycles. The number of halogens is 3. The number of alkyl halides is 3. The molecular formula is C11H20F3NO2S. The fourth-order valence-electron chi connectivity index (χ4n) is 1.26. The molecule has 0 fully saturated rings. The van der Waals surface area contributed by atoms with Crippen LogP contribution in [0.4, 0.5) is 13.2 Å². The fourth-order valence-corrected chi connectivity index (χ4v) is 2.11. The molecule has 0 aromatic carbocycles. The van der Waals surface area contributed by atoms with E-state index < -0.39 is 17.5 Å². The minimum atomic E-state index is -4.36. The average Bonchev–Trinajstić information content (AvgIpc) is 2.30. The Morgan fingerprint density at radius 2 is 2.00 bits per heavy atom. The second-order valence-corrected chi connectivity index (χ2v) is 4.92. The van der Waals surface area contributed by atoms with E-state index in [1.54, 1.807) is 0 Å². The van der Waals surface area contributed by atoms with Crippen LogP contribution in [-0.4, -0.2) is 36.9 Å². The van der Waals surface area contributed by atoms with Crippen LogP contribution in [0, 0.1) is 0 Å². The van der Waals surface area contributed by atoms with Gasteiger partial charge in [0.25, 0.3) is 0 Å². The highest BCUT2D eigenvalue weighted by atomic mass is 32.2. The Hall–Kier alpha value is -0.430. The van der Waals surface area contributed by atoms with Gasteiger partial charge in [0.05, 0.1) is 12.9 Å². The highest BCUT2D eigenvalue weighted by Crippen LogP contribution is 2.28. The van der Waals surface area contributed by atoms with Crippen LogP contribution in [-0.2, 0) is 9.53 Å². The van der Waals surface area contributed by atoms with Gasteiger partial charge in [0.2, 0.25) is 0 Å². The van der Waals surface area contributed by atoms with E-state index in [9.17, 15) is 18.0 Å². The Morgan fingerprint density at radius 1 is 1.33 bits per heavy atom. The van der Waals surface area contributed by atoms with Gasteiger partial charge in [-0.15, -0.1) is 11.8 Å². The quantitative estimate of drug-likeness (QED) is 0.402. The second-order valence-electron chi connectivity index (χ2n) is 3.82. The van der Waals surface area contributed by atoms with E-state index >= 15 is 0 Å². The monoisotopic (exact) mass is 287 g/mol. The van der Waals surface area contributed by atoms with Crippen LogP contribution in [0.3, 0.4) is 0 Å². The van der Waals surface area contributed by atoms with Crippen molar-refractivity contribution in [1.82, 2.24) is 5.32 Å². The zero-order chi connectivity index (χ0) is 14.0. The number of rotatable bonds is 9. The van der Waals surface area contributed by atoms with E-state index in [0.717, 1.165) is 26.4 Å². The van der Waals surface area contributed by atoms with E-state index in [-0.39, 0.29) is 5.75 Å². The average molecular weight is 287 g/mol. The second kappa shape index (κ2) is 9.49. The lowest BCUT2D eigenvalue weighted by atomic mass is 10.2. The summed E-state index contributed by atoms with van der Waals surface area (Å²) < 4.78 is 42.2. The largest absolute Gasteiger partial charge is 0.468 e. The Labute approximate surface area is 110 Å². The predicted octanol–water partition coefficient (Wildman–Crippen LogP) is 2.95. The first-order valence-corrected chi connectivity index (χ1v) is 6.95. The molecule has 108 valence electrons. The van der Waals surface area contributed by atoms with Gasteiger partial charge >= 0.3 is 12.1 Å². The standard InChI is InChI=1S/C11H20F3NO2S/c1-3-4-5-6-7-15-10(11(12,13)14)18-8-9(16)17-2/h10,15H,3-8H2,1-2H3. The van der Waals surface area contributed by atoms with Gasteiger partial charge in [-0.3, -0.25) is 10.1 Å². The third kappa shape index (κ3) is 8.63. The minimum absolute atomic E-state index is 0.303. The molecule has 1 atom stereocenters. The van der Waals surface area contributed by atoms with Crippen molar-refractivity contribution in [1.29, 1.82) is 0 Å². The molecule has 0 rings (SSSR count). The highest BCUT2D eigenvalue weighted by molar-refractivity contribution is 8.00. The molecule has 1 unspecified atom stereocenters. The van der Waals surface area contributed by atoms with Crippen molar-refractivity contribution in [2.24, 2.45) is 0 Å². The summed E-state index contributed by atoms with van der Waals surface area (Å²) in [6.45, 7) is 2.34. The van der Waals surface area contributed by atoms with E-state index in [4.69, 9.17) is 0 Å². The summed E-state index contributed by atoms with van der Waals surface area (Å²) in [4.78, 5) is 10.8. The molecule has 0 bridgehead atoms. The van der Waals surface area contributed by atoms with Crippen LogP contribution >= 0.6 is 11.8 Å². The molecule has 0 heterocycles. The van der Waals surface area contributed by atoms with Gasteiger partial charge in [0.15, 0.2) is 5.37 Å². The van der Waals surface area contributed by atoms with Crippen LogP contribution in [0.1, 0.15) is 32.6 Å². The minimum Gasteiger partial charge on any atom is -0.468 e. The summed E-state index contributed by atoms with van der Waals surface area (Å²) >= 11 is 0.514. The van der Waals surface area contributed by atoms with Crippen LogP contribution in [0.15, 0.2) is 0 Å². The Bertz CT molecular complexity index is 237. The number of hydrogen-bond acceptors (Lipinski definition) is 4. The lowest BCUT2D eigenvalue weighted by Gasteiger charge is -2.20. The first-order valence-electron chi connectivity index (χ1n) is 5.90. The number of esters is 1. The number of carbonyl (C=O) groups is 1. The van der Waals surface area contributed by atoms with E-state index in [0.29, 0.717) is 24.7 Å². The Morgan fingerprint density at radius 3 is 2.50 bits per heavy atom. The third-order valence-electron chi connectivity index (χ3n) is 2.25. The summed E-state index contributed by atoms with van der Waals surface area (Å²) in [7, 11) is 1.16. The first-order chi connectivity index (χ1) is 8.41. The Kier molecular flexibility index (Phi) is 9.27. The molecule has 1 N–H and O–H groups in total. The predicted molar refractivity (Wildman–Crippen MR) is 66.5 cm³/mol. The maximum Gasteiger partial charge on any atom is 0.413 e. The molecule has 0 radical (unpaired) electrons. The number of nitrogens with one attached hydrogen (secondary N) is 1.